The third-order valence-corrected chi connectivity index (χ3v) is 3.75. The first-order chi connectivity index (χ1) is 9.38. The average molecular weight is 277 g/mol. The number of fused-ring (bicyclic) bond motifs is 1. The van der Waals surface area contributed by atoms with Crippen LogP contribution >= 0.6 is 11.6 Å². The predicted octanol–water partition coefficient (Wildman–Crippen LogP) is 4.34. The van der Waals surface area contributed by atoms with Gasteiger partial charge in [-0.25, -0.2) is 0 Å². The largest absolute Gasteiger partial charge is 0.467 e. The Morgan fingerprint density at radius 2 is 1.95 bits per heavy atom. The first-order valence-electron chi connectivity index (χ1n) is 6.65. The minimum Gasteiger partial charge on any atom is -0.467 e. The van der Waals surface area contributed by atoms with E-state index in [-0.39, 0.29) is 0 Å². The van der Waals surface area contributed by atoms with Crippen molar-refractivity contribution < 1.29 is 9.47 Å². The lowest BCUT2D eigenvalue weighted by Gasteiger charge is -2.12. The van der Waals surface area contributed by atoms with Crippen LogP contribution < -0.4 is 4.74 Å². The van der Waals surface area contributed by atoms with Gasteiger partial charge < -0.3 is 9.47 Å². The predicted molar refractivity (Wildman–Crippen MR) is 77.7 cm³/mol. The summed E-state index contributed by atoms with van der Waals surface area (Å²) >= 11 is 6.06. The van der Waals surface area contributed by atoms with Crippen molar-refractivity contribution in [2.75, 3.05) is 13.4 Å². The van der Waals surface area contributed by atoms with E-state index in [1.54, 1.807) is 0 Å². The molecule has 0 aliphatic heterocycles. The Labute approximate surface area is 118 Å². The maximum absolute atomic E-state index is 6.06. The van der Waals surface area contributed by atoms with Crippen LogP contribution in [0.5, 0.6) is 5.75 Å². The molecular formula is C16H17ClO2. The highest BCUT2D eigenvalue weighted by atomic mass is 35.5. The second-order valence-electron chi connectivity index (χ2n) is 4.97. The van der Waals surface area contributed by atoms with E-state index in [4.69, 9.17) is 21.1 Å². The van der Waals surface area contributed by atoms with Gasteiger partial charge in [0.25, 0.3) is 0 Å². The van der Waals surface area contributed by atoms with E-state index in [2.05, 4.69) is 18.2 Å². The topological polar surface area (TPSA) is 18.5 Å². The van der Waals surface area contributed by atoms with Gasteiger partial charge in [-0.2, -0.15) is 0 Å². The fourth-order valence-corrected chi connectivity index (χ4v) is 2.47. The molecule has 1 aliphatic carbocycles. The molecule has 0 bridgehead atoms. The molecule has 1 aliphatic rings. The molecule has 0 aromatic heterocycles. The van der Waals surface area contributed by atoms with Crippen LogP contribution in [0.2, 0.25) is 0 Å². The number of halogens is 1. The number of rotatable bonds is 6. The summed E-state index contributed by atoms with van der Waals surface area (Å²) in [6, 6.07) is 12.2. The summed E-state index contributed by atoms with van der Waals surface area (Å²) in [5, 5.41) is 2.33. The minimum atomic E-state index is 0.304. The molecule has 3 heteroatoms. The van der Waals surface area contributed by atoms with Crippen molar-refractivity contribution in [3.8, 4) is 5.75 Å². The Morgan fingerprint density at radius 3 is 2.74 bits per heavy atom. The fraction of sp³-hybridized carbons (Fsp3) is 0.375. The van der Waals surface area contributed by atoms with Crippen LogP contribution in [0.3, 0.4) is 0 Å². The molecule has 0 unspecified atom stereocenters. The monoisotopic (exact) mass is 276 g/mol. The Morgan fingerprint density at radius 1 is 1.11 bits per heavy atom. The van der Waals surface area contributed by atoms with Crippen molar-refractivity contribution in [1.82, 2.24) is 0 Å². The number of alkyl halides is 1. The molecule has 19 heavy (non-hydrogen) atoms. The van der Waals surface area contributed by atoms with E-state index in [0.29, 0.717) is 12.7 Å². The first-order valence-corrected chi connectivity index (χ1v) is 7.19. The van der Waals surface area contributed by atoms with Crippen LogP contribution in [0.15, 0.2) is 36.4 Å². The van der Waals surface area contributed by atoms with Gasteiger partial charge in [-0.05, 0) is 35.6 Å². The van der Waals surface area contributed by atoms with E-state index in [1.807, 2.05) is 18.2 Å². The van der Waals surface area contributed by atoms with Crippen LogP contribution in [0.25, 0.3) is 10.8 Å². The summed E-state index contributed by atoms with van der Waals surface area (Å²) in [6.45, 7) is 1.11. The van der Waals surface area contributed by atoms with Crippen molar-refractivity contribution in [2.45, 2.75) is 18.7 Å². The fourth-order valence-electron chi connectivity index (χ4n) is 2.19. The second kappa shape index (κ2) is 5.81. The quantitative estimate of drug-likeness (QED) is 0.444. The normalized spacial score (nSPS) is 14.8. The van der Waals surface area contributed by atoms with E-state index >= 15 is 0 Å². The summed E-state index contributed by atoms with van der Waals surface area (Å²) < 4.78 is 11.2. The molecule has 0 N–H and O–H groups in total. The summed E-state index contributed by atoms with van der Waals surface area (Å²) in [5.41, 5.74) is 1.04. The molecule has 100 valence electrons. The van der Waals surface area contributed by atoms with E-state index in [9.17, 15) is 0 Å². The second-order valence-corrected chi connectivity index (χ2v) is 5.24. The van der Waals surface area contributed by atoms with Gasteiger partial charge in [0.2, 0.25) is 0 Å². The van der Waals surface area contributed by atoms with Crippen molar-refractivity contribution in [3.63, 3.8) is 0 Å². The maximum Gasteiger partial charge on any atom is 0.189 e. The van der Waals surface area contributed by atoms with Crippen molar-refractivity contribution in [1.29, 1.82) is 0 Å². The van der Waals surface area contributed by atoms with Gasteiger partial charge >= 0.3 is 0 Å². The number of benzene rings is 2. The van der Waals surface area contributed by atoms with Crippen molar-refractivity contribution in [3.05, 3.63) is 42.0 Å². The zero-order valence-corrected chi connectivity index (χ0v) is 11.5. The van der Waals surface area contributed by atoms with Crippen LogP contribution in [-0.4, -0.2) is 13.4 Å². The minimum absolute atomic E-state index is 0.304. The van der Waals surface area contributed by atoms with Gasteiger partial charge in [0.15, 0.2) is 6.79 Å². The molecule has 2 nitrogen and oxygen atoms in total. The van der Waals surface area contributed by atoms with Crippen LogP contribution in [0, 0.1) is 5.92 Å². The molecule has 0 heterocycles. The van der Waals surface area contributed by atoms with Crippen molar-refractivity contribution >= 4 is 22.4 Å². The van der Waals surface area contributed by atoms with Crippen LogP contribution in [0.1, 0.15) is 18.4 Å². The Hall–Kier alpha value is -1.25. The van der Waals surface area contributed by atoms with Gasteiger partial charge in [-0.15, -0.1) is 11.6 Å². The number of hydrogen-bond donors (Lipinski definition) is 0. The lowest BCUT2D eigenvalue weighted by molar-refractivity contribution is 0.00966. The third-order valence-electron chi connectivity index (χ3n) is 3.48. The molecule has 2 aromatic rings. The molecule has 3 rings (SSSR count). The molecule has 0 spiro atoms. The summed E-state index contributed by atoms with van der Waals surface area (Å²) in [4.78, 5) is 0. The van der Waals surface area contributed by atoms with E-state index < -0.39 is 0 Å². The Kier molecular flexibility index (Phi) is 3.90. The molecule has 1 fully saturated rings. The lowest BCUT2D eigenvalue weighted by atomic mass is 10.0. The highest BCUT2D eigenvalue weighted by Crippen LogP contribution is 2.30. The van der Waals surface area contributed by atoms with Gasteiger partial charge in [0.05, 0.1) is 12.5 Å². The molecule has 1 saturated carbocycles. The van der Waals surface area contributed by atoms with Gasteiger partial charge in [-0.1, -0.05) is 30.3 Å². The van der Waals surface area contributed by atoms with Gasteiger partial charge in [-0.3, -0.25) is 0 Å². The molecule has 0 atom stereocenters. The van der Waals surface area contributed by atoms with E-state index in [1.165, 1.54) is 18.2 Å². The van der Waals surface area contributed by atoms with E-state index in [0.717, 1.165) is 29.2 Å². The summed E-state index contributed by atoms with van der Waals surface area (Å²) in [7, 11) is 0. The van der Waals surface area contributed by atoms with Gasteiger partial charge in [0, 0.05) is 5.56 Å². The summed E-state index contributed by atoms with van der Waals surface area (Å²) in [5.74, 6) is 2.02. The molecule has 0 saturated heterocycles. The average Bonchev–Trinajstić information content (AvgIpc) is 3.27. The molecule has 0 amide bonds. The van der Waals surface area contributed by atoms with Crippen molar-refractivity contribution in [2.24, 2.45) is 5.92 Å². The highest BCUT2D eigenvalue weighted by molar-refractivity contribution is 6.18. The van der Waals surface area contributed by atoms with Gasteiger partial charge in [0.1, 0.15) is 5.75 Å². The van der Waals surface area contributed by atoms with Crippen LogP contribution in [0.4, 0.5) is 0 Å². The molecular weight excluding hydrogens is 260 g/mol. The Balaban J connectivity index is 1.73. The number of hydrogen-bond acceptors (Lipinski definition) is 2. The van der Waals surface area contributed by atoms with Crippen LogP contribution in [-0.2, 0) is 10.6 Å². The summed E-state index contributed by atoms with van der Waals surface area (Å²) in [6.07, 6.45) is 2.59. The first kappa shape index (κ1) is 12.8. The molecule has 2 aromatic carbocycles. The third kappa shape index (κ3) is 3.02. The zero-order valence-electron chi connectivity index (χ0n) is 10.8. The Bertz CT molecular complexity index is 564. The number of ether oxygens (including phenoxy) is 2. The lowest BCUT2D eigenvalue weighted by Crippen LogP contribution is -2.06. The highest BCUT2D eigenvalue weighted by Gasteiger charge is 2.21. The molecule has 0 radical (unpaired) electrons. The smallest absolute Gasteiger partial charge is 0.189 e. The standard InChI is InChI=1S/C16H17ClO2/c17-9-15-14-4-2-1-3-13(14)7-8-16(15)19-11-18-10-12-5-6-12/h1-4,7-8,12H,5-6,9-11H2. The zero-order chi connectivity index (χ0) is 13.1. The maximum atomic E-state index is 6.06. The SMILES string of the molecule is ClCc1c(OCOCC2CC2)ccc2ccccc12.